The fourth-order valence-corrected chi connectivity index (χ4v) is 5.53. The Bertz CT molecular complexity index is 1680. The lowest BCUT2D eigenvalue weighted by Crippen LogP contribution is -2.32. The van der Waals surface area contributed by atoms with Crippen molar-refractivity contribution in [2.24, 2.45) is 5.92 Å². The highest BCUT2D eigenvalue weighted by molar-refractivity contribution is 7.92. The molecular weight excluding hydrogens is 530 g/mol. The topological polar surface area (TPSA) is 132 Å². The van der Waals surface area contributed by atoms with Gasteiger partial charge < -0.3 is 10.1 Å². The lowest BCUT2D eigenvalue weighted by atomic mass is 10.0. The third-order valence-corrected chi connectivity index (χ3v) is 7.50. The summed E-state index contributed by atoms with van der Waals surface area (Å²) in [6, 6.07) is 11.2. The number of carbonyl (C=O) groups excluding carboxylic acids is 1. The van der Waals surface area contributed by atoms with Crippen molar-refractivity contribution in [2.45, 2.75) is 25.3 Å². The number of ether oxygens (including phenoxy) is 1. The first kappa shape index (κ1) is 27.1. The van der Waals surface area contributed by atoms with Crippen molar-refractivity contribution in [3.63, 3.8) is 0 Å². The second-order valence-corrected chi connectivity index (χ2v) is 10.9. The molecule has 4 aromatic rings. The van der Waals surface area contributed by atoms with E-state index in [0.29, 0.717) is 32.6 Å². The molecule has 12 heteroatoms. The van der Waals surface area contributed by atoms with Gasteiger partial charge in [0.15, 0.2) is 0 Å². The zero-order valence-electron chi connectivity index (χ0n) is 21.1. The lowest BCUT2D eigenvalue weighted by Gasteiger charge is -2.14. The molecule has 2 aromatic carbocycles. The van der Waals surface area contributed by atoms with Crippen molar-refractivity contribution in [2.75, 3.05) is 18.9 Å². The normalized spacial score (nSPS) is 12.2. The maximum atomic E-state index is 13.2. The monoisotopic (exact) mass is 555 g/mol. The van der Waals surface area contributed by atoms with E-state index in [1.54, 1.807) is 51.2 Å². The molecule has 2 N–H and O–H groups in total. The van der Waals surface area contributed by atoms with Crippen molar-refractivity contribution >= 4 is 44.1 Å². The Morgan fingerprint density at radius 2 is 1.89 bits per heavy atom. The molecule has 0 radical (unpaired) electrons. The van der Waals surface area contributed by atoms with E-state index >= 15 is 0 Å². The number of rotatable bonds is 8. The molecule has 10 nitrogen and oxygen atoms in total. The SMILES string of the molecule is CNC(=O)[C@@H](C)Cn1cnc2ccc(-c3cnc(OC)c(NS(=O)(=O)c4cc(C)cc(Cl)c4)c3)cc2c1=O. The average molecular weight is 556 g/mol. The molecule has 2 heterocycles. The molecule has 0 saturated carbocycles. The molecule has 0 aliphatic rings. The molecule has 0 spiro atoms. The molecule has 0 aliphatic heterocycles. The number of amides is 1. The van der Waals surface area contributed by atoms with Gasteiger partial charge in [-0.2, -0.15) is 0 Å². The number of nitrogens with zero attached hydrogens (tertiary/aromatic N) is 3. The van der Waals surface area contributed by atoms with E-state index in [1.165, 1.54) is 36.3 Å². The highest BCUT2D eigenvalue weighted by atomic mass is 35.5. The first-order valence-corrected chi connectivity index (χ1v) is 13.4. The van der Waals surface area contributed by atoms with Crippen molar-refractivity contribution in [1.82, 2.24) is 19.9 Å². The van der Waals surface area contributed by atoms with Crippen molar-refractivity contribution in [3.8, 4) is 17.0 Å². The molecular formula is C26H26ClN5O5S. The first-order chi connectivity index (χ1) is 18.0. The molecule has 38 heavy (non-hydrogen) atoms. The Morgan fingerprint density at radius 1 is 1.13 bits per heavy atom. The number of aryl methyl sites for hydroxylation is 1. The number of pyridine rings is 1. The number of benzene rings is 2. The number of anilines is 1. The van der Waals surface area contributed by atoms with Crippen LogP contribution in [-0.2, 0) is 21.4 Å². The van der Waals surface area contributed by atoms with E-state index in [1.807, 2.05) is 0 Å². The summed E-state index contributed by atoms with van der Waals surface area (Å²) in [7, 11) is -1.08. The second-order valence-electron chi connectivity index (χ2n) is 8.80. The fraction of sp³-hybridized carbons (Fsp3) is 0.231. The van der Waals surface area contributed by atoms with Crippen molar-refractivity contribution < 1.29 is 17.9 Å². The van der Waals surface area contributed by atoms with Gasteiger partial charge in [-0.15, -0.1) is 0 Å². The molecule has 1 atom stereocenters. The molecule has 1 amide bonds. The van der Waals surface area contributed by atoms with Gasteiger partial charge in [0.05, 0.1) is 35.2 Å². The van der Waals surface area contributed by atoms with Crippen LogP contribution in [0.25, 0.3) is 22.0 Å². The summed E-state index contributed by atoms with van der Waals surface area (Å²) in [5, 5.41) is 3.22. The van der Waals surface area contributed by atoms with Crippen molar-refractivity contribution in [3.05, 3.63) is 75.9 Å². The van der Waals surface area contributed by atoms with Crippen LogP contribution in [-0.4, -0.2) is 43.0 Å². The number of halogens is 1. The average Bonchev–Trinajstić information content (AvgIpc) is 2.88. The zero-order chi connectivity index (χ0) is 27.6. The number of hydrogen-bond donors (Lipinski definition) is 2. The summed E-state index contributed by atoms with van der Waals surface area (Å²) in [6.07, 6.45) is 2.94. The van der Waals surface area contributed by atoms with Gasteiger partial charge in [-0.1, -0.05) is 24.6 Å². The number of hydrogen-bond acceptors (Lipinski definition) is 7. The first-order valence-electron chi connectivity index (χ1n) is 11.6. The van der Waals surface area contributed by atoms with Gasteiger partial charge in [0.2, 0.25) is 11.8 Å². The van der Waals surface area contributed by atoms with Gasteiger partial charge >= 0.3 is 0 Å². The van der Waals surface area contributed by atoms with Crippen LogP contribution in [0.15, 0.2) is 64.7 Å². The minimum Gasteiger partial charge on any atom is -0.480 e. The molecule has 198 valence electrons. The predicted molar refractivity (Wildman–Crippen MR) is 146 cm³/mol. The number of methoxy groups -OCH3 is 1. The Labute approximate surface area is 224 Å². The van der Waals surface area contributed by atoms with E-state index in [0.717, 1.165) is 0 Å². The van der Waals surface area contributed by atoms with E-state index in [-0.39, 0.29) is 34.5 Å². The maximum absolute atomic E-state index is 13.2. The predicted octanol–water partition coefficient (Wildman–Crippen LogP) is 3.61. The molecule has 0 saturated heterocycles. The zero-order valence-corrected chi connectivity index (χ0v) is 22.7. The van der Waals surface area contributed by atoms with Crippen LogP contribution in [0.2, 0.25) is 5.02 Å². The van der Waals surface area contributed by atoms with E-state index in [2.05, 4.69) is 20.0 Å². The highest BCUT2D eigenvalue weighted by Crippen LogP contribution is 2.31. The van der Waals surface area contributed by atoms with E-state index in [4.69, 9.17) is 16.3 Å². The van der Waals surface area contributed by atoms with Crippen LogP contribution < -0.4 is 20.3 Å². The van der Waals surface area contributed by atoms with Gasteiger partial charge in [-0.25, -0.2) is 18.4 Å². The molecule has 0 unspecified atom stereocenters. The lowest BCUT2D eigenvalue weighted by molar-refractivity contribution is -0.124. The standard InChI is InChI=1S/C26H26ClN5O5S/c1-15-7-19(27)11-20(8-15)38(35,36)31-23-10-18(12-29-25(23)37-4)17-5-6-22-21(9-17)26(34)32(14-30-22)13-16(2)24(33)28-3/h5-12,14,16,31H,13H2,1-4H3,(H,28,33)/t16-/m0/s1. The van der Waals surface area contributed by atoms with Crippen LogP contribution in [0.3, 0.4) is 0 Å². The maximum Gasteiger partial charge on any atom is 0.262 e. The van der Waals surface area contributed by atoms with Crippen LogP contribution in [0, 0.1) is 12.8 Å². The highest BCUT2D eigenvalue weighted by Gasteiger charge is 2.20. The van der Waals surface area contributed by atoms with Gasteiger partial charge in [0.25, 0.3) is 15.6 Å². The smallest absolute Gasteiger partial charge is 0.262 e. The summed E-state index contributed by atoms with van der Waals surface area (Å²) in [5.74, 6) is -0.535. The number of sulfonamides is 1. The van der Waals surface area contributed by atoms with E-state index in [9.17, 15) is 18.0 Å². The van der Waals surface area contributed by atoms with Crippen LogP contribution in [0.4, 0.5) is 5.69 Å². The molecule has 0 aliphatic carbocycles. The Kier molecular flexibility index (Phi) is 7.70. The van der Waals surface area contributed by atoms with Gasteiger partial charge in [0.1, 0.15) is 5.69 Å². The quantitative estimate of drug-likeness (QED) is 0.339. The van der Waals surface area contributed by atoms with Crippen LogP contribution >= 0.6 is 11.6 Å². The minimum atomic E-state index is -4.01. The number of nitrogens with one attached hydrogen (secondary N) is 2. The summed E-state index contributed by atoms with van der Waals surface area (Å²) in [6.45, 7) is 3.64. The Hall–Kier alpha value is -3.96. The number of aromatic nitrogens is 3. The van der Waals surface area contributed by atoms with Gasteiger partial charge in [-0.05, 0) is 54.4 Å². The number of fused-ring (bicyclic) bond motifs is 1. The third-order valence-electron chi connectivity index (χ3n) is 5.94. The minimum absolute atomic E-state index is 0.00160. The van der Waals surface area contributed by atoms with Crippen molar-refractivity contribution in [1.29, 1.82) is 0 Å². The van der Waals surface area contributed by atoms with E-state index < -0.39 is 15.9 Å². The number of carbonyl (C=O) groups is 1. The van der Waals surface area contributed by atoms with Gasteiger partial charge in [-0.3, -0.25) is 18.9 Å². The largest absolute Gasteiger partial charge is 0.480 e. The van der Waals surface area contributed by atoms with Crippen LogP contribution in [0.1, 0.15) is 12.5 Å². The molecule has 2 aromatic heterocycles. The summed E-state index contributed by atoms with van der Waals surface area (Å²) in [4.78, 5) is 33.7. The molecule has 0 fully saturated rings. The van der Waals surface area contributed by atoms with Crippen LogP contribution in [0.5, 0.6) is 5.88 Å². The Morgan fingerprint density at radius 3 is 2.58 bits per heavy atom. The van der Waals surface area contributed by atoms with Gasteiger partial charge in [0, 0.05) is 30.4 Å². The Balaban J connectivity index is 1.73. The molecule has 4 rings (SSSR count). The molecule has 0 bridgehead atoms. The third kappa shape index (κ3) is 5.63. The summed E-state index contributed by atoms with van der Waals surface area (Å²) >= 11 is 6.06. The summed E-state index contributed by atoms with van der Waals surface area (Å²) in [5.41, 5.74) is 2.15. The second kappa shape index (κ2) is 10.8. The fourth-order valence-electron chi connectivity index (χ4n) is 4.00. The summed E-state index contributed by atoms with van der Waals surface area (Å²) < 4.78 is 35.4.